The van der Waals surface area contributed by atoms with E-state index < -0.39 is 17.2 Å². The number of hydrogen-bond acceptors (Lipinski definition) is 5. The molecule has 0 aromatic carbocycles. The molecule has 0 spiro atoms. The van der Waals surface area contributed by atoms with Gasteiger partial charge in [-0.3, -0.25) is 18.7 Å². The van der Waals surface area contributed by atoms with Gasteiger partial charge in [0.2, 0.25) is 0 Å². The van der Waals surface area contributed by atoms with Gasteiger partial charge < -0.3 is 9.47 Å². The fraction of sp³-hybridized carbons (Fsp3) is 0.615. The summed E-state index contributed by atoms with van der Waals surface area (Å²) in [6, 6.07) is 1.24. The summed E-state index contributed by atoms with van der Waals surface area (Å²) < 4.78 is 12.6. The summed E-state index contributed by atoms with van der Waals surface area (Å²) in [5.41, 5.74) is -0.946. The van der Waals surface area contributed by atoms with Crippen LogP contribution in [0.25, 0.3) is 0 Å². The maximum Gasteiger partial charge on any atom is 0.331 e. The van der Waals surface area contributed by atoms with Crippen molar-refractivity contribution in [3.8, 4) is 0 Å². The molecule has 0 bridgehead atoms. The van der Waals surface area contributed by atoms with E-state index in [1.807, 2.05) is 0 Å². The fourth-order valence-corrected chi connectivity index (χ4v) is 2.05. The molecule has 0 N–H and O–H groups in total. The lowest BCUT2D eigenvalue weighted by Gasteiger charge is -2.22. The zero-order valence-electron chi connectivity index (χ0n) is 11.4. The minimum atomic E-state index is -0.539. The van der Waals surface area contributed by atoms with Crippen molar-refractivity contribution in [2.24, 2.45) is 7.05 Å². The van der Waals surface area contributed by atoms with E-state index in [0.717, 1.165) is 28.4 Å². The van der Waals surface area contributed by atoms with E-state index in [0.29, 0.717) is 6.61 Å². The largest absolute Gasteiger partial charge is 0.462 e. The van der Waals surface area contributed by atoms with E-state index in [4.69, 9.17) is 9.47 Å². The standard InChI is InChI=1S/C13H18N2O5/c1-14-11(16)5-6-15(13(14)18)8-12(17)20-9-10-4-2-3-7-19-10/h5-6,10H,2-4,7-9H2,1H3/t10-/m0/s1. The van der Waals surface area contributed by atoms with Crippen LogP contribution in [0.1, 0.15) is 19.3 Å². The molecule has 2 heterocycles. The van der Waals surface area contributed by atoms with Crippen molar-refractivity contribution in [1.82, 2.24) is 9.13 Å². The Hall–Kier alpha value is -1.89. The second-order valence-corrected chi connectivity index (χ2v) is 4.80. The smallest absolute Gasteiger partial charge is 0.331 e. The van der Waals surface area contributed by atoms with E-state index >= 15 is 0 Å². The third kappa shape index (κ3) is 3.57. The molecule has 1 atom stereocenters. The normalized spacial score (nSPS) is 18.8. The highest BCUT2D eigenvalue weighted by molar-refractivity contribution is 5.69. The first-order chi connectivity index (χ1) is 9.58. The second-order valence-electron chi connectivity index (χ2n) is 4.80. The number of nitrogens with zero attached hydrogens (tertiary/aromatic N) is 2. The van der Waals surface area contributed by atoms with E-state index in [1.165, 1.54) is 19.3 Å². The van der Waals surface area contributed by atoms with Crippen LogP contribution in [-0.2, 0) is 27.9 Å². The summed E-state index contributed by atoms with van der Waals surface area (Å²) >= 11 is 0. The monoisotopic (exact) mass is 282 g/mol. The van der Waals surface area contributed by atoms with Gasteiger partial charge in [0.25, 0.3) is 5.56 Å². The Bertz CT molecular complexity index is 583. The van der Waals surface area contributed by atoms with Crippen molar-refractivity contribution in [3.63, 3.8) is 0 Å². The van der Waals surface area contributed by atoms with Gasteiger partial charge in [0.15, 0.2) is 0 Å². The summed E-state index contributed by atoms with van der Waals surface area (Å²) in [7, 11) is 1.36. The van der Waals surface area contributed by atoms with Gasteiger partial charge in [-0.2, -0.15) is 0 Å². The first-order valence-corrected chi connectivity index (χ1v) is 6.61. The summed E-state index contributed by atoms with van der Waals surface area (Å²) in [5.74, 6) is -0.514. The van der Waals surface area contributed by atoms with Crippen LogP contribution in [0.3, 0.4) is 0 Å². The number of carbonyl (C=O) groups is 1. The quantitative estimate of drug-likeness (QED) is 0.706. The minimum absolute atomic E-state index is 0.0513. The molecule has 1 aromatic rings. The molecule has 0 radical (unpaired) electrons. The number of esters is 1. The predicted octanol–water partition coefficient (Wildman–Crippen LogP) is -0.341. The lowest BCUT2D eigenvalue weighted by molar-refractivity contribution is -0.149. The SMILES string of the molecule is Cn1c(=O)ccn(CC(=O)OC[C@@H]2CCCCO2)c1=O. The van der Waals surface area contributed by atoms with Crippen molar-refractivity contribution in [2.45, 2.75) is 31.9 Å². The molecule has 1 aromatic heterocycles. The summed E-state index contributed by atoms with van der Waals surface area (Å²) in [6.45, 7) is 0.696. The zero-order chi connectivity index (χ0) is 14.5. The van der Waals surface area contributed by atoms with Crippen LogP contribution in [0.2, 0.25) is 0 Å². The number of carbonyl (C=O) groups excluding carboxylic acids is 1. The maximum atomic E-state index is 11.7. The highest BCUT2D eigenvalue weighted by atomic mass is 16.6. The lowest BCUT2D eigenvalue weighted by atomic mass is 10.1. The predicted molar refractivity (Wildman–Crippen MR) is 70.5 cm³/mol. The molecule has 110 valence electrons. The molecule has 1 saturated heterocycles. The molecule has 1 aliphatic rings. The maximum absolute atomic E-state index is 11.7. The highest BCUT2D eigenvalue weighted by Gasteiger charge is 2.16. The Kier molecular flexibility index (Phi) is 4.73. The Morgan fingerprint density at radius 2 is 2.25 bits per heavy atom. The number of hydrogen-bond donors (Lipinski definition) is 0. The van der Waals surface area contributed by atoms with Crippen molar-refractivity contribution >= 4 is 5.97 Å². The van der Waals surface area contributed by atoms with Crippen molar-refractivity contribution in [1.29, 1.82) is 0 Å². The van der Waals surface area contributed by atoms with Gasteiger partial charge in [-0.1, -0.05) is 0 Å². The van der Waals surface area contributed by atoms with Gasteiger partial charge in [-0.15, -0.1) is 0 Å². The first-order valence-electron chi connectivity index (χ1n) is 6.61. The van der Waals surface area contributed by atoms with Gasteiger partial charge in [0.05, 0.1) is 6.10 Å². The third-order valence-electron chi connectivity index (χ3n) is 3.26. The van der Waals surface area contributed by atoms with Gasteiger partial charge in [-0.05, 0) is 19.3 Å². The van der Waals surface area contributed by atoms with Crippen LogP contribution in [0.4, 0.5) is 0 Å². The van der Waals surface area contributed by atoms with E-state index in [1.54, 1.807) is 0 Å². The topological polar surface area (TPSA) is 79.5 Å². The van der Waals surface area contributed by atoms with Crippen LogP contribution in [0, 0.1) is 0 Å². The first kappa shape index (κ1) is 14.5. The van der Waals surface area contributed by atoms with Gasteiger partial charge in [0.1, 0.15) is 13.2 Å². The average Bonchev–Trinajstić information content (AvgIpc) is 2.47. The Labute approximate surface area is 115 Å². The van der Waals surface area contributed by atoms with Crippen LogP contribution in [0.5, 0.6) is 0 Å². The molecule has 0 aliphatic carbocycles. The summed E-state index contributed by atoms with van der Waals surface area (Å²) in [5, 5.41) is 0. The van der Waals surface area contributed by atoms with Crippen molar-refractivity contribution in [2.75, 3.05) is 13.2 Å². The second kappa shape index (κ2) is 6.51. The molecular weight excluding hydrogens is 264 g/mol. The molecule has 0 unspecified atom stereocenters. The minimum Gasteiger partial charge on any atom is -0.462 e. The Balaban J connectivity index is 1.90. The van der Waals surface area contributed by atoms with Crippen LogP contribution in [-0.4, -0.2) is 34.4 Å². The molecule has 2 rings (SSSR count). The molecule has 1 aliphatic heterocycles. The van der Waals surface area contributed by atoms with Crippen molar-refractivity contribution in [3.05, 3.63) is 33.1 Å². The zero-order valence-corrected chi connectivity index (χ0v) is 11.4. The lowest BCUT2D eigenvalue weighted by Crippen LogP contribution is -2.38. The Morgan fingerprint density at radius 3 is 2.95 bits per heavy atom. The molecule has 0 saturated carbocycles. The van der Waals surface area contributed by atoms with Gasteiger partial charge in [-0.25, -0.2) is 4.79 Å². The highest BCUT2D eigenvalue weighted by Crippen LogP contribution is 2.12. The fourth-order valence-electron chi connectivity index (χ4n) is 2.05. The molecule has 1 fully saturated rings. The van der Waals surface area contributed by atoms with Gasteiger partial charge >= 0.3 is 11.7 Å². The summed E-state index contributed by atoms with van der Waals surface area (Å²) in [6.07, 6.45) is 4.24. The van der Waals surface area contributed by atoms with Crippen LogP contribution >= 0.6 is 0 Å². The summed E-state index contributed by atoms with van der Waals surface area (Å²) in [4.78, 5) is 34.6. The molecule has 7 heteroatoms. The Morgan fingerprint density at radius 1 is 1.45 bits per heavy atom. The number of ether oxygens (including phenoxy) is 2. The molecule has 20 heavy (non-hydrogen) atoms. The molecular formula is C13H18N2O5. The molecule has 7 nitrogen and oxygen atoms in total. The van der Waals surface area contributed by atoms with E-state index in [9.17, 15) is 14.4 Å². The van der Waals surface area contributed by atoms with Crippen molar-refractivity contribution < 1.29 is 14.3 Å². The van der Waals surface area contributed by atoms with Gasteiger partial charge in [0, 0.05) is 25.9 Å². The molecule has 0 amide bonds. The van der Waals surface area contributed by atoms with E-state index in [-0.39, 0.29) is 19.3 Å². The number of rotatable bonds is 4. The number of aromatic nitrogens is 2. The van der Waals surface area contributed by atoms with Crippen LogP contribution < -0.4 is 11.2 Å². The van der Waals surface area contributed by atoms with E-state index in [2.05, 4.69) is 0 Å². The average molecular weight is 282 g/mol. The van der Waals surface area contributed by atoms with Crippen LogP contribution in [0.15, 0.2) is 21.9 Å². The third-order valence-corrected chi connectivity index (χ3v) is 3.26.